The van der Waals surface area contributed by atoms with Crippen molar-refractivity contribution in [3.8, 4) is 0 Å². The van der Waals surface area contributed by atoms with E-state index in [0.717, 1.165) is 12.8 Å². The minimum absolute atomic E-state index is 0.0965. The standard InChI is InChI=1S/C11H14N2O3S/c14-13(15)11-4-2-1-3-10(11)12-9-5-7-17(16)8-6-9/h1-4,9,12H,5-8H2. The van der Waals surface area contributed by atoms with Crippen LogP contribution in [0.4, 0.5) is 11.4 Å². The number of para-hydroxylation sites is 2. The van der Waals surface area contributed by atoms with E-state index >= 15 is 0 Å². The fraction of sp³-hybridized carbons (Fsp3) is 0.455. The number of nitro groups is 1. The van der Waals surface area contributed by atoms with Crippen molar-refractivity contribution in [3.63, 3.8) is 0 Å². The van der Waals surface area contributed by atoms with Gasteiger partial charge in [-0.3, -0.25) is 14.3 Å². The number of rotatable bonds is 3. The predicted molar refractivity (Wildman–Crippen MR) is 67.6 cm³/mol. The van der Waals surface area contributed by atoms with Crippen LogP contribution in [0.2, 0.25) is 0 Å². The molecule has 5 nitrogen and oxygen atoms in total. The zero-order chi connectivity index (χ0) is 12.3. The highest BCUT2D eigenvalue weighted by Crippen LogP contribution is 2.25. The second kappa shape index (κ2) is 5.27. The SMILES string of the molecule is O=[N+]([O-])c1ccccc1NC1CCS(=O)CC1. The Balaban J connectivity index is 2.08. The average Bonchev–Trinajstić information content (AvgIpc) is 2.32. The fourth-order valence-electron chi connectivity index (χ4n) is 1.91. The van der Waals surface area contributed by atoms with Crippen molar-refractivity contribution < 1.29 is 9.13 Å². The van der Waals surface area contributed by atoms with Crippen LogP contribution >= 0.6 is 0 Å². The molecule has 0 amide bonds. The summed E-state index contributed by atoms with van der Waals surface area (Å²) in [7, 11) is -0.707. The van der Waals surface area contributed by atoms with Crippen molar-refractivity contribution in [2.45, 2.75) is 18.9 Å². The normalized spacial score (nSPS) is 24.2. The van der Waals surface area contributed by atoms with Crippen molar-refractivity contribution in [1.82, 2.24) is 0 Å². The van der Waals surface area contributed by atoms with Gasteiger partial charge in [0.15, 0.2) is 0 Å². The third kappa shape index (κ3) is 3.03. The Bertz CT molecular complexity index is 440. The molecule has 0 saturated carbocycles. The Kier molecular flexibility index (Phi) is 3.73. The van der Waals surface area contributed by atoms with Crippen molar-refractivity contribution in [2.75, 3.05) is 16.8 Å². The highest BCUT2D eigenvalue weighted by atomic mass is 32.2. The van der Waals surface area contributed by atoms with Gasteiger partial charge in [0.05, 0.1) is 4.92 Å². The van der Waals surface area contributed by atoms with Gasteiger partial charge in [0.25, 0.3) is 5.69 Å². The molecule has 6 heteroatoms. The Hall–Kier alpha value is -1.43. The lowest BCUT2D eigenvalue weighted by Gasteiger charge is -2.23. The molecule has 0 unspecified atom stereocenters. The Morgan fingerprint density at radius 3 is 2.59 bits per heavy atom. The summed E-state index contributed by atoms with van der Waals surface area (Å²) in [6, 6.07) is 6.82. The molecule has 1 fully saturated rings. The van der Waals surface area contributed by atoms with Crippen molar-refractivity contribution in [1.29, 1.82) is 0 Å². The lowest BCUT2D eigenvalue weighted by molar-refractivity contribution is -0.384. The van der Waals surface area contributed by atoms with Crippen LogP contribution in [0.15, 0.2) is 24.3 Å². The Morgan fingerprint density at radius 1 is 1.29 bits per heavy atom. The van der Waals surface area contributed by atoms with E-state index in [9.17, 15) is 14.3 Å². The van der Waals surface area contributed by atoms with Crippen LogP contribution in [0.5, 0.6) is 0 Å². The molecule has 1 aliphatic rings. The molecule has 17 heavy (non-hydrogen) atoms. The molecule has 1 heterocycles. The number of nitrogens with zero attached hydrogens (tertiary/aromatic N) is 1. The van der Waals surface area contributed by atoms with E-state index in [0.29, 0.717) is 17.2 Å². The average molecular weight is 254 g/mol. The number of hydrogen-bond donors (Lipinski definition) is 1. The lowest BCUT2D eigenvalue weighted by atomic mass is 10.1. The molecule has 0 atom stereocenters. The first-order chi connectivity index (χ1) is 8.16. The van der Waals surface area contributed by atoms with Crippen LogP contribution in [0.1, 0.15) is 12.8 Å². The number of hydrogen-bond acceptors (Lipinski definition) is 4. The van der Waals surface area contributed by atoms with Crippen LogP contribution in [-0.2, 0) is 10.8 Å². The molecule has 1 aromatic rings. The van der Waals surface area contributed by atoms with Gasteiger partial charge in [-0.1, -0.05) is 12.1 Å². The molecule has 1 aliphatic heterocycles. The molecule has 2 rings (SSSR count). The summed E-state index contributed by atoms with van der Waals surface area (Å²) in [4.78, 5) is 10.4. The van der Waals surface area contributed by atoms with Crippen molar-refractivity contribution in [2.24, 2.45) is 0 Å². The fourth-order valence-corrected chi connectivity index (χ4v) is 3.21. The van der Waals surface area contributed by atoms with E-state index in [1.807, 2.05) is 0 Å². The lowest BCUT2D eigenvalue weighted by Crippen LogP contribution is -2.29. The zero-order valence-corrected chi connectivity index (χ0v) is 10.1. The topological polar surface area (TPSA) is 72.2 Å². The van der Waals surface area contributed by atoms with E-state index in [1.54, 1.807) is 18.2 Å². The summed E-state index contributed by atoms with van der Waals surface area (Å²) in [5.74, 6) is 1.36. The minimum Gasteiger partial charge on any atom is -0.377 e. The summed E-state index contributed by atoms with van der Waals surface area (Å²) in [5.41, 5.74) is 0.648. The first-order valence-corrected chi connectivity index (χ1v) is 7.00. The second-order valence-corrected chi connectivity index (χ2v) is 5.74. The maximum absolute atomic E-state index is 11.2. The third-order valence-electron chi connectivity index (χ3n) is 2.85. The van der Waals surface area contributed by atoms with Crippen LogP contribution < -0.4 is 5.32 Å². The van der Waals surface area contributed by atoms with E-state index in [2.05, 4.69) is 5.32 Å². The van der Waals surface area contributed by atoms with Gasteiger partial charge in [0.2, 0.25) is 0 Å². The smallest absolute Gasteiger partial charge is 0.292 e. The molecule has 1 saturated heterocycles. The van der Waals surface area contributed by atoms with Crippen LogP contribution in [0.3, 0.4) is 0 Å². The van der Waals surface area contributed by atoms with Gasteiger partial charge in [0, 0.05) is 34.4 Å². The van der Waals surface area contributed by atoms with Gasteiger partial charge in [-0.15, -0.1) is 0 Å². The molecule has 0 aliphatic carbocycles. The number of nitro benzene ring substituents is 1. The van der Waals surface area contributed by atoms with Crippen LogP contribution in [-0.4, -0.2) is 26.7 Å². The molecular weight excluding hydrogens is 240 g/mol. The summed E-state index contributed by atoms with van der Waals surface area (Å²) >= 11 is 0. The maximum atomic E-state index is 11.2. The largest absolute Gasteiger partial charge is 0.377 e. The molecule has 1 aromatic carbocycles. The molecule has 1 N–H and O–H groups in total. The highest BCUT2D eigenvalue weighted by Gasteiger charge is 2.20. The first-order valence-electron chi connectivity index (χ1n) is 5.52. The van der Waals surface area contributed by atoms with Crippen molar-refractivity contribution in [3.05, 3.63) is 34.4 Å². The Morgan fingerprint density at radius 2 is 1.94 bits per heavy atom. The molecule has 0 spiro atoms. The van der Waals surface area contributed by atoms with Gasteiger partial charge in [-0.25, -0.2) is 0 Å². The summed E-state index contributed by atoms with van der Waals surface area (Å²) in [5, 5.41) is 14.0. The maximum Gasteiger partial charge on any atom is 0.292 e. The van der Waals surface area contributed by atoms with Gasteiger partial charge in [0.1, 0.15) is 5.69 Å². The third-order valence-corrected chi connectivity index (χ3v) is 4.23. The van der Waals surface area contributed by atoms with E-state index < -0.39 is 10.8 Å². The first kappa shape index (κ1) is 12.0. The summed E-state index contributed by atoms with van der Waals surface area (Å²) in [6.07, 6.45) is 1.61. The summed E-state index contributed by atoms with van der Waals surface area (Å²) < 4.78 is 11.2. The van der Waals surface area contributed by atoms with Gasteiger partial charge < -0.3 is 5.32 Å². The van der Waals surface area contributed by atoms with E-state index in [1.165, 1.54) is 6.07 Å². The Labute approximate surface area is 102 Å². The monoisotopic (exact) mass is 254 g/mol. The van der Waals surface area contributed by atoms with E-state index in [-0.39, 0.29) is 16.7 Å². The number of nitrogens with one attached hydrogen (secondary N) is 1. The number of benzene rings is 1. The highest BCUT2D eigenvalue weighted by molar-refractivity contribution is 7.85. The number of anilines is 1. The second-order valence-electron chi connectivity index (χ2n) is 4.04. The van der Waals surface area contributed by atoms with Crippen LogP contribution in [0.25, 0.3) is 0 Å². The van der Waals surface area contributed by atoms with Gasteiger partial charge in [-0.2, -0.15) is 0 Å². The van der Waals surface area contributed by atoms with Gasteiger partial charge in [-0.05, 0) is 18.9 Å². The molecular formula is C11H14N2O3S. The molecule has 92 valence electrons. The van der Waals surface area contributed by atoms with Gasteiger partial charge >= 0.3 is 0 Å². The summed E-state index contributed by atoms with van der Waals surface area (Å²) in [6.45, 7) is 0. The predicted octanol–water partition coefficient (Wildman–Crippen LogP) is 1.92. The quantitative estimate of drug-likeness (QED) is 0.660. The molecule has 0 aromatic heterocycles. The zero-order valence-electron chi connectivity index (χ0n) is 9.30. The van der Waals surface area contributed by atoms with Crippen LogP contribution in [0, 0.1) is 10.1 Å². The minimum atomic E-state index is -0.707. The molecule has 0 radical (unpaired) electrons. The van der Waals surface area contributed by atoms with E-state index in [4.69, 9.17) is 0 Å². The molecule has 0 bridgehead atoms. The van der Waals surface area contributed by atoms with Crippen molar-refractivity contribution >= 4 is 22.2 Å².